The molecule has 0 nitrogen and oxygen atoms in total. The van der Waals surface area contributed by atoms with E-state index < -0.39 is 0 Å². The number of hydrogen-bond acceptors (Lipinski definition) is 1. The first kappa shape index (κ1) is 19.8. The van der Waals surface area contributed by atoms with Gasteiger partial charge in [-0.3, -0.25) is 0 Å². The summed E-state index contributed by atoms with van der Waals surface area (Å²) in [5.41, 5.74) is 5.52. The van der Waals surface area contributed by atoms with E-state index in [9.17, 15) is 0 Å². The Labute approximate surface area is 148 Å². The van der Waals surface area contributed by atoms with Crippen LogP contribution in [0.25, 0.3) is 0 Å². The molecule has 0 aromatic heterocycles. The van der Waals surface area contributed by atoms with Crippen LogP contribution in [0.5, 0.6) is 0 Å². The van der Waals surface area contributed by atoms with Gasteiger partial charge in [-0.1, -0.05) is 82.3 Å². The van der Waals surface area contributed by atoms with Gasteiger partial charge in [0.25, 0.3) is 0 Å². The fraction of sp³-hybridized carbons (Fsp3) is 0.455. The Kier molecular flexibility index (Phi) is 7.91. The van der Waals surface area contributed by atoms with Crippen LogP contribution >= 0.6 is 12.6 Å². The van der Waals surface area contributed by atoms with E-state index >= 15 is 0 Å². The molecule has 0 aliphatic heterocycles. The molecule has 0 saturated carbocycles. The molecule has 0 aliphatic rings. The van der Waals surface area contributed by atoms with Gasteiger partial charge >= 0.3 is 0 Å². The molecule has 1 aromatic rings. The molecule has 0 spiro atoms. The molecular formula is C22H32S. The predicted octanol–water partition coefficient (Wildman–Crippen LogP) is 6.54. The second kappa shape index (κ2) is 9.17. The molecule has 126 valence electrons. The van der Waals surface area contributed by atoms with Gasteiger partial charge in [0.1, 0.15) is 0 Å². The molecule has 0 heterocycles. The minimum Gasteiger partial charge on any atom is -0.175 e. The highest BCUT2D eigenvalue weighted by atomic mass is 32.1. The highest BCUT2D eigenvalue weighted by Gasteiger charge is 2.13. The van der Waals surface area contributed by atoms with E-state index in [0.717, 1.165) is 12.0 Å². The summed E-state index contributed by atoms with van der Waals surface area (Å²) >= 11 is 4.21. The Hall–Kier alpha value is -1.21. The molecule has 1 rings (SSSR count). The third-order valence-electron chi connectivity index (χ3n) is 4.36. The van der Waals surface area contributed by atoms with Crippen LogP contribution in [0.4, 0.5) is 0 Å². The lowest BCUT2D eigenvalue weighted by molar-refractivity contribution is 0.588. The van der Waals surface area contributed by atoms with Gasteiger partial charge in [0.15, 0.2) is 0 Å². The Bertz CT molecular complexity index is 553. The average molecular weight is 329 g/mol. The Morgan fingerprint density at radius 1 is 1.22 bits per heavy atom. The van der Waals surface area contributed by atoms with E-state index in [2.05, 4.69) is 90.2 Å². The number of hydrogen-bond donors (Lipinski definition) is 1. The molecule has 23 heavy (non-hydrogen) atoms. The molecule has 0 radical (unpaired) electrons. The summed E-state index contributed by atoms with van der Waals surface area (Å²) in [6.07, 6.45) is 8.63. The molecule has 0 saturated heterocycles. The second-order valence-corrected chi connectivity index (χ2v) is 7.79. The van der Waals surface area contributed by atoms with Gasteiger partial charge in [-0.25, -0.2) is 0 Å². The standard InChI is InChI=1S/C22H32S/c1-17(16-23)8-7-9-18(2)19(3)10-11-20-12-14-21(15-13-20)22(4,5)6/h7-9,12-15,19,23H,1,10-11,16H2,2-6H3/b8-7-,18-9+. The van der Waals surface area contributed by atoms with E-state index in [-0.39, 0.29) is 5.41 Å². The van der Waals surface area contributed by atoms with E-state index in [1.165, 1.54) is 23.1 Å². The summed E-state index contributed by atoms with van der Waals surface area (Å²) in [6, 6.07) is 9.11. The van der Waals surface area contributed by atoms with Gasteiger partial charge in [0, 0.05) is 5.75 Å². The highest BCUT2D eigenvalue weighted by Crippen LogP contribution is 2.23. The van der Waals surface area contributed by atoms with Crippen LogP contribution in [0.15, 0.2) is 60.2 Å². The van der Waals surface area contributed by atoms with Crippen molar-refractivity contribution in [3.05, 3.63) is 71.3 Å². The van der Waals surface area contributed by atoms with Crippen LogP contribution in [0.2, 0.25) is 0 Å². The lowest BCUT2D eigenvalue weighted by Crippen LogP contribution is -2.10. The zero-order chi connectivity index (χ0) is 17.5. The average Bonchev–Trinajstić information content (AvgIpc) is 2.51. The van der Waals surface area contributed by atoms with Gasteiger partial charge in [-0.15, -0.1) is 0 Å². The highest BCUT2D eigenvalue weighted by molar-refractivity contribution is 7.80. The first-order valence-electron chi connectivity index (χ1n) is 8.47. The van der Waals surface area contributed by atoms with Crippen molar-refractivity contribution in [2.24, 2.45) is 5.92 Å². The Balaban J connectivity index is 2.55. The van der Waals surface area contributed by atoms with Crippen LogP contribution in [-0.4, -0.2) is 5.75 Å². The molecule has 1 aromatic carbocycles. The van der Waals surface area contributed by atoms with Gasteiger partial charge in [0.05, 0.1) is 0 Å². The molecule has 1 unspecified atom stereocenters. The number of benzene rings is 1. The minimum absolute atomic E-state index is 0.231. The summed E-state index contributed by atoms with van der Waals surface area (Å²) in [7, 11) is 0. The Morgan fingerprint density at radius 2 is 1.83 bits per heavy atom. The lowest BCUT2D eigenvalue weighted by atomic mass is 9.86. The maximum absolute atomic E-state index is 4.21. The van der Waals surface area contributed by atoms with Crippen LogP contribution in [0, 0.1) is 5.92 Å². The first-order valence-corrected chi connectivity index (χ1v) is 9.10. The monoisotopic (exact) mass is 328 g/mol. The summed E-state index contributed by atoms with van der Waals surface area (Å²) in [4.78, 5) is 0. The second-order valence-electron chi connectivity index (χ2n) is 7.47. The van der Waals surface area contributed by atoms with Crippen molar-refractivity contribution in [2.75, 3.05) is 5.75 Å². The van der Waals surface area contributed by atoms with Crippen molar-refractivity contribution in [3.63, 3.8) is 0 Å². The largest absolute Gasteiger partial charge is 0.175 e. The van der Waals surface area contributed by atoms with E-state index in [1.807, 2.05) is 6.08 Å². The van der Waals surface area contributed by atoms with Crippen molar-refractivity contribution >= 4 is 12.6 Å². The predicted molar refractivity (Wildman–Crippen MR) is 109 cm³/mol. The van der Waals surface area contributed by atoms with Crippen LogP contribution < -0.4 is 0 Å². The van der Waals surface area contributed by atoms with Gasteiger partial charge in [0.2, 0.25) is 0 Å². The molecule has 0 N–H and O–H groups in total. The number of thiol groups is 1. The molecule has 0 bridgehead atoms. The fourth-order valence-corrected chi connectivity index (χ4v) is 2.44. The normalized spacial score (nSPS) is 14.3. The number of allylic oxidation sites excluding steroid dienone is 4. The molecule has 0 aliphatic carbocycles. The van der Waals surface area contributed by atoms with Gasteiger partial charge < -0.3 is 0 Å². The molecular weight excluding hydrogens is 296 g/mol. The lowest BCUT2D eigenvalue weighted by Gasteiger charge is -2.19. The van der Waals surface area contributed by atoms with E-state index in [1.54, 1.807) is 0 Å². The molecule has 1 heteroatoms. The van der Waals surface area contributed by atoms with Crippen LogP contribution in [0.1, 0.15) is 52.2 Å². The van der Waals surface area contributed by atoms with Crippen molar-refractivity contribution in [1.82, 2.24) is 0 Å². The summed E-state index contributed by atoms with van der Waals surface area (Å²) in [6.45, 7) is 15.2. The summed E-state index contributed by atoms with van der Waals surface area (Å²) in [5.74, 6) is 1.30. The van der Waals surface area contributed by atoms with Gasteiger partial charge in [-0.05, 0) is 47.8 Å². The first-order chi connectivity index (χ1) is 10.7. The minimum atomic E-state index is 0.231. The topological polar surface area (TPSA) is 0 Å². The zero-order valence-electron chi connectivity index (χ0n) is 15.4. The van der Waals surface area contributed by atoms with Crippen molar-refractivity contribution in [2.45, 2.75) is 52.9 Å². The summed E-state index contributed by atoms with van der Waals surface area (Å²) < 4.78 is 0. The zero-order valence-corrected chi connectivity index (χ0v) is 16.3. The summed E-state index contributed by atoms with van der Waals surface area (Å²) in [5, 5.41) is 0. The van der Waals surface area contributed by atoms with Crippen LogP contribution in [-0.2, 0) is 11.8 Å². The van der Waals surface area contributed by atoms with Crippen molar-refractivity contribution in [3.8, 4) is 0 Å². The maximum atomic E-state index is 4.21. The van der Waals surface area contributed by atoms with Crippen molar-refractivity contribution < 1.29 is 0 Å². The SMILES string of the molecule is C=C(/C=C\C=C(/C)C(C)CCc1ccc(C(C)(C)C)cc1)CS. The quantitative estimate of drug-likeness (QED) is 0.426. The Morgan fingerprint density at radius 3 is 2.35 bits per heavy atom. The molecule has 0 fully saturated rings. The third kappa shape index (κ3) is 7.26. The third-order valence-corrected chi connectivity index (χ3v) is 4.76. The van der Waals surface area contributed by atoms with E-state index in [0.29, 0.717) is 11.7 Å². The maximum Gasteiger partial charge on any atom is 0.0148 e. The smallest absolute Gasteiger partial charge is 0.0148 e. The van der Waals surface area contributed by atoms with Gasteiger partial charge in [-0.2, -0.15) is 12.6 Å². The molecule has 1 atom stereocenters. The molecule has 0 amide bonds. The van der Waals surface area contributed by atoms with Crippen molar-refractivity contribution in [1.29, 1.82) is 0 Å². The van der Waals surface area contributed by atoms with Crippen LogP contribution in [0.3, 0.4) is 0 Å². The van der Waals surface area contributed by atoms with E-state index in [4.69, 9.17) is 0 Å². The fourth-order valence-electron chi connectivity index (χ4n) is 2.34. The number of aryl methyl sites for hydroxylation is 1. The number of rotatable bonds is 7.